The van der Waals surface area contributed by atoms with Crippen molar-refractivity contribution in [2.75, 3.05) is 5.32 Å². The first-order valence-electron chi connectivity index (χ1n) is 5.90. The Morgan fingerprint density at radius 1 is 1.15 bits per heavy atom. The zero-order valence-electron chi connectivity index (χ0n) is 10.8. The van der Waals surface area contributed by atoms with Crippen molar-refractivity contribution in [2.45, 2.75) is 6.92 Å². The molecule has 0 saturated heterocycles. The summed E-state index contributed by atoms with van der Waals surface area (Å²) in [6, 6.07) is 11.0. The maximum Gasteiger partial charge on any atom is 0.329 e. The molecule has 0 spiro atoms. The van der Waals surface area contributed by atoms with Gasteiger partial charge in [0.1, 0.15) is 0 Å². The Morgan fingerprint density at radius 3 is 2.65 bits per heavy atom. The lowest BCUT2D eigenvalue weighted by Crippen LogP contribution is -2.32. The predicted molar refractivity (Wildman–Crippen MR) is 79.9 cm³/mol. The second-order valence-corrected chi connectivity index (χ2v) is 4.96. The maximum absolute atomic E-state index is 11.7. The second kappa shape index (κ2) is 6.63. The summed E-state index contributed by atoms with van der Waals surface area (Å²) in [7, 11) is 0. The number of nitrogens with zero attached hydrogens (tertiary/aromatic N) is 1. The van der Waals surface area contributed by atoms with Crippen molar-refractivity contribution in [3.8, 4) is 0 Å². The van der Waals surface area contributed by atoms with Gasteiger partial charge in [-0.3, -0.25) is 9.59 Å². The van der Waals surface area contributed by atoms with E-state index in [4.69, 9.17) is 0 Å². The lowest BCUT2D eigenvalue weighted by molar-refractivity contribution is -0.136. The van der Waals surface area contributed by atoms with Gasteiger partial charge >= 0.3 is 11.8 Å². The molecule has 0 aliphatic rings. The highest BCUT2D eigenvalue weighted by Gasteiger charge is 2.13. The molecule has 0 fully saturated rings. The van der Waals surface area contributed by atoms with Crippen molar-refractivity contribution in [3.05, 3.63) is 52.2 Å². The number of para-hydroxylation sites is 1. The maximum atomic E-state index is 11.7. The monoisotopic (exact) mass is 287 g/mol. The van der Waals surface area contributed by atoms with Crippen LogP contribution in [0.25, 0.3) is 0 Å². The van der Waals surface area contributed by atoms with Crippen LogP contribution in [0.2, 0.25) is 0 Å². The smallest absolute Gasteiger partial charge is 0.317 e. The molecule has 1 heterocycles. The van der Waals surface area contributed by atoms with E-state index in [0.717, 1.165) is 10.4 Å². The summed E-state index contributed by atoms with van der Waals surface area (Å²) in [5.74, 6) is -1.55. The van der Waals surface area contributed by atoms with E-state index in [1.807, 2.05) is 36.6 Å². The van der Waals surface area contributed by atoms with Crippen LogP contribution in [0.5, 0.6) is 0 Å². The Hall–Kier alpha value is -2.47. The summed E-state index contributed by atoms with van der Waals surface area (Å²) < 4.78 is 0. The zero-order valence-corrected chi connectivity index (χ0v) is 11.6. The van der Waals surface area contributed by atoms with Crippen LogP contribution in [-0.4, -0.2) is 18.0 Å². The van der Waals surface area contributed by atoms with Gasteiger partial charge in [-0.15, -0.1) is 11.3 Å². The SMILES string of the molecule is Cc1ccccc1NC(=O)C(=O)N/N=C/c1cccs1. The fraction of sp³-hybridized carbons (Fsp3) is 0.0714. The van der Waals surface area contributed by atoms with Crippen molar-refractivity contribution in [1.29, 1.82) is 0 Å². The Morgan fingerprint density at radius 2 is 1.95 bits per heavy atom. The van der Waals surface area contributed by atoms with E-state index in [-0.39, 0.29) is 0 Å². The van der Waals surface area contributed by atoms with Gasteiger partial charge in [0.15, 0.2) is 0 Å². The molecule has 2 N–H and O–H groups in total. The van der Waals surface area contributed by atoms with Crippen LogP contribution in [0.1, 0.15) is 10.4 Å². The molecular weight excluding hydrogens is 274 g/mol. The molecular formula is C14H13N3O2S. The van der Waals surface area contributed by atoms with Crippen molar-refractivity contribution < 1.29 is 9.59 Å². The molecule has 2 amide bonds. The summed E-state index contributed by atoms with van der Waals surface area (Å²) in [4.78, 5) is 24.1. The van der Waals surface area contributed by atoms with Gasteiger partial charge in [0, 0.05) is 10.6 Å². The van der Waals surface area contributed by atoms with Crippen LogP contribution < -0.4 is 10.7 Å². The van der Waals surface area contributed by atoms with Crippen LogP contribution in [0, 0.1) is 6.92 Å². The van der Waals surface area contributed by atoms with Crippen molar-refractivity contribution in [1.82, 2.24) is 5.43 Å². The average Bonchev–Trinajstić information content (AvgIpc) is 2.94. The fourth-order valence-electron chi connectivity index (χ4n) is 1.46. The topological polar surface area (TPSA) is 70.6 Å². The molecule has 0 aliphatic heterocycles. The number of carbonyl (C=O) groups excluding carboxylic acids is 2. The molecule has 1 aromatic carbocycles. The quantitative estimate of drug-likeness (QED) is 0.516. The van der Waals surface area contributed by atoms with Gasteiger partial charge in [-0.1, -0.05) is 24.3 Å². The highest BCUT2D eigenvalue weighted by atomic mass is 32.1. The van der Waals surface area contributed by atoms with Gasteiger partial charge < -0.3 is 5.32 Å². The standard InChI is InChI=1S/C14H13N3O2S/c1-10-5-2-3-7-12(10)16-13(18)14(19)17-15-9-11-6-4-8-20-11/h2-9H,1H3,(H,16,18)(H,17,19)/b15-9+. The first-order valence-corrected chi connectivity index (χ1v) is 6.78. The second-order valence-electron chi connectivity index (χ2n) is 3.98. The Balaban J connectivity index is 1.89. The molecule has 0 radical (unpaired) electrons. The number of carbonyl (C=O) groups is 2. The highest BCUT2D eigenvalue weighted by molar-refractivity contribution is 7.11. The predicted octanol–water partition coefficient (Wildman–Crippen LogP) is 2.15. The zero-order chi connectivity index (χ0) is 14.4. The van der Waals surface area contributed by atoms with Gasteiger partial charge in [0.2, 0.25) is 0 Å². The summed E-state index contributed by atoms with van der Waals surface area (Å²) in [6.07, 6.45) is 1.49. The molecule has 1 aromatic heterocycles. The molecule has 20 heavy (non-hydrogen) atoms. The van der Waals surface area contributed by atoms with Gasteiger partial charge in [-0.05, 0) is 30.0 Å². The molecule has 0 atom stereocenters. The van der Waals surface area contributed by atoms with E-state index in [2.05, 4.69) is 15.8 Å². The minimum Gasteiger partial charge on any atom is -0.317 e. The molecule has 6 heteroatoms. The number of benzene rings is 1. The fourth-order valence-corrected chi connectivity index (χ4v) is 2.05. The largest absolute Gasteiger partial charge is 0.329 e. The molecule has 0 unspecified atom stereocenters. The number of hydrogen-bond donors (Lipinski definition) is 2. The van der Waals surface area contributed by atoms with E-state index in [9.17, 15) is 9.59 Å². The molecule has 0 saturated carbocycles. The first kappa shape index (κ1) is 14.0. The number of hydrogen-bond acceptors (Lipinski definition) is 4. The summed E-state index contributed by atoms with van der Waals surface area (Å²) in [5, 5.41) is 8.15. The molecule has 5 nitrogen and oxygen atoms in total. The van der Waals surface area contributed by atoms with Crippen LogP contribution in [-0.2, 0) is 9.59 Å². The third kappa shape index (κ3) is 3.76. The number of thiophene rings is 1. The van der Waals surface area contributed by atoms with Crippen LogP contribution in [0.4, 0.5) is 5.69 Å². The van der Waals surface area contributed by atoms with E-state index in [1.54, 1.807) is 12.1 Å². The third-order valence-electron chi connectivity index (χ3n) is 2.50. The van der Waals surface area contributed by atoms with Crippen LogP contribution >= 0.6 is 11.3 Å². The number of aryl methyl sites for hydroxylation is 1. The van der Waals surface area contributed by atoms with E-state index >= 15 is 0 Å². The number of nitrogens with one attached hydrogen (secondary N) is 2. The Bertz CT molecular complexity index is 636. The van der Waals surface area contributed by atoms with E-state index < -0.39 is 11.8 Å². The average molecular weight is 287 g/mol. The van der Waals surface area contributed by atoms with Gasteiger partial charge in [-0.2, -0.15) is 5.10 Å². The number of hydrazone groups is 1. The Labute approximate surface area is 120 Å². The van der Waals surface area contributed by atoms with Gasteiger partial charge in [-0.25, -0.2) is 5.43 Å². The molecule has 2 rings (SSSR count). The van der Waals surface area contributed by atoms with Crippen molar-refractivity contribution >= 4 is 35.1 Å². The summed E-state index contributed by atoms with van der Waals surface area (Å²) in [5.41, 5.74) is 3.68. The van der Waals surface area contributed by atoms with Crippen molar-refractivity contribution in [2.24, 2.45) is 5.10 Å². The van der Waals surface area contributed by atoms with Gasteiger partial charge in [0.05, 0.1) is 6.21 Å². The van der Waals surface area contributed by atoms with Crippen LogP contribution in [0.3, 0.4) is 0 Å². The van der Waals surface area contributed by atoms with Crippen LogP contribution in [0.15, 0.2) is 46.9 Å². The molecule has 102 valence electrons. The minimum atomic E-state index is -0.805. The number of anilines is 1. The van der Waals surface area contributed by atoms with Gasteiger partial charge in [0.25, 0.3) is 0 Å². The lowest BCUT2D eigenvalue weighted by Gasteiger charge is -2.06. The molecule has 0 bridgehead atoms. The van der Waals surface area contributed by atoms with Crippen molar-refractivity contribution in [3.63, 3.8) is 0 Å². The first-order chi connectivity index (χ1) is 9.66. The lowest BCUT2D eigenvalue weighted by atomic mass is 10.2. The van der Waals surface area contributed by atoms with E-state index in [1.165, 1.54) is 17.6 Å². The normalized spacial score (nSPS) is 10.4. The molecule has 2 aromatic rings. The highest BCUT2D eigenvalue weighted by Crippen LogP contribution is 2.12. The summed E-state index contributed by atoms with van der Waals surface area (Å²) >= 11 is 1.49. The number of amides is 2. The van der Waals surface area contributed by atoms with E-state index in [0.29, 0.717) is 5.69 Å². The Kier molecular flexibility index (Phi) is 4.62. The minimum absolute atomic E-state index is 0.606. The number of rotatable bonds is 3. The third-order valence-corrected chi connectivity index (χ3v) is 3.31. The molecule has 0 aliphatic carbocycles. The summed E-state index contributed by atoms with van der Waals surface area (Å²) in [6.45, 7) is 1.85.